The first-order valence-corrected chi connectivity index (χ1v) is 6.44. The molecule has 0 bridgehead atoms. The summed E-state index contributed by atoms with van der Waals surface area (Å²) in [7, 11) is 0. The molecule has 0 aliphatic carbocycles. The molecule has 0 unspecified atom stereocenters. The van der Waals surface area contributed by atoms with E-state index in [1.807, 2.05) is 29.6 Å². The topological polar surface area (TPSA) is 56.7 Å². The third kappa shape index (κ3) is 2.53. The predicted molar refractivity (Wildman–Crippen MR) is 60.1 cm³/mol. The number of carboxylic acids is 1. The van der Waals surface area contributed by atoms with Crippen molar-refractivity contribution in [2.45, 2.75) is 11.4 Å². The quantitative estimate of drug-likeness (QED) is 0.825. The molecule has 80 valence electrons. The van der Waals surface area contributed by atoms with Crippen LogP contribution in [0.15, 0.2) is 28.7 Å². The normalized spacial score (nSPS) is 25.4. The van der Waals surface area contributed by atoms with E-state index >= 15 is 0 Å². The second-order valence-electron chi connectivity index (χ2n) is 3.43. The largest absolute Gasteiger partial charge is 0.544 e. The van der Waals surface area contributed by atoms with Gasteiger partial charge in [-0.3, -0.25) is 0 Å². The average Bonchev–Trinajstić information content (AvgIpc) is 2.66. The summed E-state index contributed by atoms with van der Waals surface area (Å²) in [5, 5.41) is 12.7. The number of benzene rings is 1. The number of hydrogen-bond donors (Lipinski definition) is 1. The lowest BCUT2D eigenvalue weighted by atomic mass is 10.2. The van der Waals surface area contributed by atoms with E-state index in [0.29, 0.717) is 5.75 Å². The van der Waals surface area contributed by atoms with Crippen molar-refractivity contribution in [3.05, 3.63) is 34.3 Å². The van der Waals surface area contributed by atoms with Crippen molar-refractivity contribution in [2.24, 2.45) is 0 Å². The first kappa shape index (κ1) is 11.0. The molecule has 3 nitrogen and oxygen atoms in total. The van der Waals surface area contributed by atoms with E-state index in [1.165, 1.54) is 0 Å². The lowest BCUT2D eigenvalue weighted by Gasteiger charge is -2.10. The van der Waals surface area contributed by atoms with Crippen molar-refractivity contribution in [1.82, 2.24) is 0 Å². The SMILES string of the molecule is O=C([O-])[C@H]1CS[C@H](c2cccc(Br)c2)[NH2+]1. The van der Waals surface area contributed by atoms with Gasteiger partial charge in [0, 0.05) is 10.0 Å². The Labute approximate surface area is 100 Å². The highest BCUT2D eigenvalue weighted by molar-refractivity contribution is 9.10. The van der Waals surface area contributed by atoms with Gasteiger partial charge >= 0.3 is 0 Å². The number of carboxylic acid groups (broad SMARTS) is 1. The molecule has 5 heteroatoms. The first-order valence-electron chi connectivity index (χ1n) is 4.60. The minimum Gasteiger partial charge on any atom is -0.544 e. The number of carbonyl (C=O) groups excluding carboxylic acids is 1. The molecule has 0 aromatic heterocycles. The van der Waals surface area contributed by atoms with Crippen molar-refractivity contribution in [1.29, 1.82) is 0 Å². The van der Waals surface area contributed by atoms with Crippen molar-refractivity contribution >= 4 is 33.7 Å². The molecule has 1 aromatic carbocycles. The third-order valence-corrected chi connectivity index (χ3v) is 4.18. The number of hydrogen-bond acceptors (Lipinski definition) is 3. The number of thioether (sulfide) groups is 1. The summed E-state index contributed by atoms with van der Waals surface area (Å²) in [6, 6.07) is 7.53. The van der Waals surface area contributed by atoms with Crippen LogP contribution in [0, 0.1) is 0 Å². The minimum absolute atomic E-state index is 0.172. The molecule has 2 atom stereocenters. The summed E-state index contributed by atoms with van der Waals surface area (Å²) in [6.45, 7) is 0. The van der Waals surface area contributed by atoms with E-state index in [2.05, 4.69) is 15.9 Å². The van der Waals surface area contributed by atoms with Gasteiger partial charge in [-0.25, -0.2) is 0 Å². The van der Waals surface area contributed by atoms with Gasteiger partial charge in [0.2, 0.25) is 0 Å². The number of nitrogens with two attached hydrogens (primary N) is 1. The molecule has 1 saturated heterocycles. The number of halogens is 1. The average molecular weight is 288 g/mol. The molecule has 15 heavy (non-hydrogen) atoms. The predicted octanol–water partition coefficient (Wildman–Crippen LogP) is -0.124. The number of quaternary nitrogens is 1. The van der Waals surface area contributed by atoms with Gasteiger partial charge in [-0.1, -0.05) is 39.8 Å². The van der Waals surface area contributed by atoms with Crippen LogP contribution in [0.25, 0.3) is 0 Å². The fourth-order valence-corrected chi connectivity index (χ4v) is 3.29. The molecule has 1 aliphatic rings. The second kappa shape index (κ2) is 4.55. The summed E-state index contributed by atoms with van der Waals surface area (Å²) in [6.07, 6.45) is 0. The fraction of sp³-hybridized carbons (Fsp3) is 0.300. The zero-order valence-corrected chi connectivity index (χ0v) is 10.3. The van der Waals surface area contributed by atoms with E-state index in [1.54, 1.807) is 11.8 Å². The van der Waals surface area contributed by atoms with Crippen LogP contribution in [0.1, 0.15) is 10.9 Å². The monoisotopic (exact) mass is 287 g/mol. The molecule has 2 rings (SSSR count). The van der Waals surface area contributed by atoms with Gasteiger partial charge in [0.05, 0.1) is 5.75 Å². The second-order valence-corrected chi connectivity index (χ2v) is 5.52. The Morgan fingerprint density at radius 3 is 3.00 bits per heavy atom. The van der Waals surface area contributed by atoms with E-state index < -0.39 is 12.0 Å². The molecule has 1 fully saturated rings. The molecular weight excluding hydrogens is 278 g/mol. The Balaban J connectivity index is 2.11. The van der Waals surface area contributed by atoms with Crippen LogP contribution >= 0.6 is 27.7 Å². The molecular formula is C10H10BrNO2S. The van der Waals surface area contributed by atoms with Gasteiger partial charge in [0.1, 0.15) is 12.0 Å². The minimum atomic E-state index is -0.972. The van der Waals surface area contributed by atoms with Crippen molar-refractivity contribution in [3.63, 3.8) is 0 Å². The lowest BCUT2D eigenvalue weighted by molar-refractivity contribution is -0.690. The van der Waals surface area contributed by atoms with Gasteiger partial charge in [-0.05, 0) is 12.1 Å². The zero-order chi connectivity index (χ0) is 10.8. The maximum absolute atomic E-state index is 10.7. The van der Waals surface area contributed by atoms with Crippen LogP contribution in [-0.4, -0.2) is 17.8 Å². The molecule has 1 aliphatic heterocycles. The standard InChI is InChI=1S/C10H10BrNO2S/c11-7-3-1-2-6(4-7)9-12-8(5-15-9)10(13)14/h1-4,8-9,12H,5H2,(H,13,14)/t8-,9-/m1/s1. The lowest BCUT2D eigenvalue weighted by Crippen LogP contribution is -2.90. The summed E-state index contributed by atoms with van der Waals surface area (Å²) in [5.74, 6) is -0.362. The summed E-state index contributed by atoms with van der Waals surface area (Å²) < 4.78 is 1.02. The first-order chi connectivity index (χ1) is 7.16. The van der Waals surface area contributed by atoms with Crippen LogP contribution in [0.2, 0.25) is 0 Å². The van der Waals surface area contributed by atoms with E-state index in [0.717, 1.165) is 10.0 Å². The van der Waals surface area contributed by atoms with Gasteiger partial charge in [0.25, 0.3) is 0 Å². The number of rotatable bonds is 2. The van der Waals surface area contributed by atoms with Gasteiger partial charge in [-0.15, -0.1) is 0 Å². The molecule has 0 spiro atoms. The smallest absolute Gasteiger partial charge is 0.159 e. The maximum Gasteiger partial charge on any atom is 0.159 e. The van der Waals surface area contributed by atoms with Crippen LogP contribution < -0.4 is 10.4 Å². The molecule has 0 radical (unpaired) electrons. The third-order valence-electron chi connectivity index (χ3n) is 2.34. The molecule has 0 amide bonds. The molecule has 1 heterocycles. The molecule has 2 N–H and O–H groups in total. The Kier molecular flexibility index (Phi) is 3.33. The van der Waals surface area contributed by atoms with Gasteiger partial charge < -0.3 is 15.2 Å². The summed E-state index contributed by atoms with van der Waals surface area (Å²) >= 11 is 5.04. The Morgan fingerprint density at radius 2 is 2.40 bits per heavy atom. The highest BCUT2D eigenvalue weighted by atomic mass is 79.9. The van der Waals surface area contributed by atoms with Crippen molar-refractivity contribution in [3.8, 4) is 0 Å². The molecule has 0 saturated carbocycles. The van der Waals surface area contributed by atoms with E-state index in [4.69, 9.17) is 0 Å². The van der Waals surface area contributed by atoms with E-state index in [9.17, 15) is 9.90 Å². The van der Waals surface area contributed by atoms with Gasteiger partial charge in [0.15, 0.2) is 5.37 Å². The number of carbonyl (C=O) groups is 1. The van der Waals surface area contributed by atoms with Crippen LogP contribution in [0.3, 0.4) is 0 Å². The van der Waals surface area contributed by atoms with Crippen LogP contribution in [0.4, 0.5) is 0 Å². The van der Waals surface area contributed by atoms with Crippen LogP contribution in [-0.2, 0) is 4.79 Å². The summed E-state index contributed by atoms with van der Waals surface area (Å²) in [5.41, 5.74) is 1.14. The van der Waals surface area contributed by atoms with Gasteiger partial charge in [-0.2, -0.15) is 0 Å². The van der Waals surface area contributed by atoms with E-state index in [-0.39, 0.29) is 5.37 Å². The Bertz CT molecular complexity index is 385. The van der Waals surface area contributed by atoms with Crippen LogP contribution in [0.5, 0.6) is 0 Å². The molecule has 1 aromatic rings. The zero-order valence-electron chi connectivity index (χ0n) is 7.85. The highest BCUT2D eigenvalue weighted by Gasteiger charge is 2.30. The highest BCUT2D eigenvalue weighted by Crippen LogP contribution is 2.28. The fourth-order valence-electron chi connectivity index (χ4n) is 1.57. The maximum atomic E-state index is 10.7. The summed E-state index contributed by atoms with van der Waals surface area (Å²) in [4.78, 5) is 10.7. The Morgan fingerprint density at radius 1 is 1.60 bits per heavy atom. The Hall–Kier alpha value is -0.520. The number of aliphatic carboxylic acids is 1. The van der Waals surface area contributed by atoms with Crippen molar-refractivity contribution in [2.75, 3.05) is 5.75 Å². The van der Waals surface area contributed by atoms with Crippen molar-refractivity contribution < 1.29 is 15.2 Å².